The molecule has 0 bridgehead atoms. The summed E-state index contributed by atoms with van der Waals surface area (Å²) in [5.41, 5.74) is 0.248. The molecule has 1 aromatic heterocycles. The first kappa shape index (κ1) is 18.2. The van der Waals surface area contributed by atoms with Gasteiger partial charge in [-0.2, -0.15) is 0 Å². The Kier molecular flexibility index (Phi) is 5.51. The number of hydrogen-bond acceptors (Lipinski definition) is 3. The highest BCUT2D eigenvalue weighted by molar-refractivity contribution is 6.02. The molecule has 0 spiro atoms. The second kappa shape index (κ2) is 8.18. The Morgan fingerprint density at radius 2 is 1.89 bits per heavy atom. The lowest BCUT2D eigenvalue weighted by Gasteiger charge is -2.06. The van der Waals surface area contributed by atoms with Gasteiger partial charge in [-0.1, -0.05) is 6.07 Å². The molecule has 27 heavy (non-hydrogen) atoms. The lowest BCUT2D eigenvalue weighted by atomic mass is 10.2. The van der Waals surface area contributed by atoms with Gasteiger partial charge >= 0.3 is 0 Å². The van der Waals surface area contributed by atoms with Crippen molar-refractivity contribution in [2.24, 2.45) is 0 Å². The minimum Gasteiger partial charge on any atom is -0.453 e. The Morgan fingerprint density at radius 3 is 2.59 bits per heavy atom. The quantitative estimate of drug-likeness (QED) is 0.647. The molecule has 1 amide bonds. The molecule has 0 saturated carbocycles. The fourth-order valence-electron chi connectivity index (χ4n) is 2.18. The van der Waals surface area contributed by atoms with Gasteiger partial charge in [0.2, 0.25) is 5.91 Å². The van der Waals surface area contributed by atoms with Gasteiger partial charge in [0.15, 0.2) is 11.6 Å². The first-order chi connectivity index (χ1) is 13.0. The van der Waals surface area contributed by atoms with Crippen LogP contribution < -0.4 is 10.1 Å². The maximum absolute atomic E-state index is 14.1. The summed E-state index contributed by atoms with van der Waals surface area (Å²) in [6, 6.07) is 10.3. The zero-order chi connectivity index (χ0) is 19.2. The molecular formula is C20H13F3N2O2. The molecule has 0 atom stereocenters. The number of amides is 1. The number of carbonyl (C=O) groups excluding carboxylic acids is 1. The fourth-order valence-corrected chi connectivity index (χ4v) is 2.18. The molecule has 3 aromatic rings. The predicted molar refractivity (Wildman–Crippen MR) is 94.7 cm³/mol. The fraction of sp³-hybridized carbons (Fsp3) is 0. The summed E-state index contributed by atoms with van der Waals surface area (Å²) >= 11 is 0. The number of halogens is 3. The molecule has 2 aromatic carbocycles. The summed E-state index contributed by atoms with van der Waals surface area (Å²) in [7, 11) is 0. The van der Waals surface area contributed by atoms with Gasteiger partial charge in [-0.05, 0) is 48.0 Å². The maximum atomic E-state index is 14.1. The average molecular weight is 370 g/mol. The second-order valence-electron chi connectivity index (χ2n) is 5.43. The number of ether oxygens (including phenoxy) is 1. The monoisotopic (exact) mass is 370 g/mol. The van der Waals surface area contributed by atoms with Crippen molar-refractivity contribution in [2.75, 3.05) is 5.32 Å². The molecule has 1 heterocycles. The largest absolute Gasteiger partial charge is 0.453 e. The summed E-state index contributed by atoms with van der Waals surface area (Å²) in [5.74, 6) is -2.49. The van der Waals surface area contributed by atoms with Crippen molar-refractivity contribution in [1.29, 1.82) is 0 Å². The number of aromatic nitrogens is 1. The van der Waals surface area contributed by atoms with Crippen LogP contribution >= 0.6 is 0 Å². The molecular weight excluding hydrogens is 357 g/mol. The molecule has 0 radical (unpaired) electrons. The van der Waals surface area contributed by atoms with E-state index in [4.69, 9.17) is 4.74 Å². The first-order valence-electron chi connectivity index (χ1n) is 7.83. The van der Waals surface area contributed by atoms with Crippen molar-refractivity contribution in [2.45, 2.75) is 0 Å². The Bertz CT molecular complexity index is 992. The molecule has 0 saturated heterocycles. The third-order valence-electron chi connectivity index (χ3n) is 3.43. The van der Waals surface area contributed by atoms with Crippen LogP contribution in [0.1, 0.15) is 5.56 Å². The maximum Gasteiger partial charge on any atom is 0.248 e. The number of carbonyl (C=O) groups is 1. The van der Waals surface area contributed by atoms with E-state index in [2.05, 4.69) is 10.3 Å². The standard InChI is InChI=1S/C20H13F3N2O2/c21-14-5-6-18(16(22)11-14)25-20(26)8-4-13-3-7-19(17(23)10-13)27-15-2-1-9-24-12-15/h1-12H,(H,25,26)/b8-4+. The topological polar surface area (TPSA) is 51.2 Å². The van der Waals surface area contributed by atoms with Gasteiger partial charge < -0.3 is 10.1 Å². The molecule has 0 aliphatic heterocycles. The Labute approximate surface area is 152 Å². The van der Waals surface area contributed by atoms with E-state index in [0.29, 0.717) is 17.4 Å². The molecule has 0 aliphatic carbocycles. The van der Waals surface area contributed by atoms with Gasteiger partial charge in [0, 0.05) is 18.3 Å². The van der Waals surface area contributed by atoms with Crippen molar-refractivity contribution < 1.29 is 22.7 Å². The van der Waals surface area contributed by atoms with E-state index < -0.39 is 23.4 Å². The highest BCUT2D eigenvalue weighted by Gasteiger charge is 2.07. The number of pyridine rings is 1. The predicted octanol–water partition coefficient (Wildman–Crippen LogP) is 4.94. The highest BCUT2D eigenvalue weighted by Crippen LogP contribution is 2.25. The van der Waals surface area contributed by atoms with E-state index in [0.717, 1.165) is 18.2 Å². The van der Waals surface area contributed by atoms with Gasteiger partial charge in [-0.15, -0.1) is 0 Å². The van der Waals surface area contributed by atoms with E-state index in [1.807, 2.05) is 0 Å². The number of anilines is 1. The van der Waals surface area contributed by atoms with E-state index in [-0.39, 0.29) is 11.4 Å². The van der Waals surface area contributed by atoms with Crippen molar-refractivity contribution in [3.8, 4) is 11.5 Å². The van der Waals surface area contributed by atoms with Crippen LogP contribution in [0, 0.1) is 17.5 Å². The van der Waals surface area contributed by atoms with Crippen LogP contribution in [0.25, 0.3) is 6.08 Å². The molecule has 7 heteroatoms. The van der Waals surface area contributed by atoms with Gasteiger partial charge in [0.1, 0.15) is 17.4 Å². The normalized spacial score (nSPS) is 10.8. The van der Waals surface area contributed by atoms with Gasteiger partial charge in [-0.25, -0.2) is 13.2 Å². The lowest BCUT2D eigenvalue weighted by Crippen LogP contribution is -2.09. The third kappa shape index (κ3) is 4.94. The van der Waals surface area contributed by atoms with Gasteiger partial charge in [-0.3, -0.25) is 9.78 Å². The number of nitrogens with zero attached hydrogens (tertiary/aromatic N) is 1. The second-order valence-corrected chi connectivity index (χ2v) is 5.43. The SMILES string of the molecule is O=C(/C=C/c1ccc(Oc2cccnc2)c(F)c1)Nc1ccc(F)cc1F. The Balaban J connectivity index is 1.66. The zero-order valence-corrected chi connectivity index (χ0v) is 13.8. The molecule has 0 fully saturated rings. The van der Waals surface area contributed by atoms with Crippen LogP contribution in [0.5, 0.6) is 11.5 Å². The smallest absolute Gasteiger partial charge is 0.248 e. The van der Waals surface area contributed by atoms with Crippen LogP contribution in [-0.4, -0.2) is 10.9 Å². The average Bonchev–Trinajstić information content (AvgIpc) is 2.65. The van der Waals surface area contributed by atoms with E-state index in [1.165, 1.54) is 24.4 Å². The zero-order valence-electron chi connectivity index (χ0n) is 13.8. The summed E-state index contributed by atoms with van der Waals surface area (Å²) < 4.78 is 45.9. The molecule has 0 unspecified atom stereocenters. The first-order valence-corrected chi connectivity index (χ1v) is 7.83. The van der Waals surface area contributed by atoms with Crippen LogP contribution in [0.2, 0.25) is 0 Å². The van der Waals surface area contributed by atoms with E-state index in [1.54, 1.807) is 24.4 Å². The van der Waals surface area contributed by atoms with Crippen molar-refractivity contribution in [1.82, 2.24) is 4.98 Å². The van der Waals surface area contributed by atoms with Crippen molar-refractivity contribution in [3.63, 3.8) is 0 Å². The summed E-state index contributed by atoms with van der Waals surface area (Å²) in [6.07, 6.45) is 5.49. The third-order valence-corrected chi connectivity index (χ3v) is 3.43. The molecule has 0 aliphatic rings. The van der Waals surface area contributed by atoms with Crippen LogP contribution in [0.15, 0.2) is 67.0 Å². The minimum atomic E-state index is -0.889. The lowest BCUT2D eigenvalue weighted by molar-refractivity contribution is -0.111. The summed E-state index contributed by atoms with van der Waals surface area (Å²) in [4.78, 5) is 15.7. The van der Waals surface area contributed by atoms with E-state index >= 15 is 0 Å². The number of hydrogen-bond donors (Lipinski definition) is 1. The van der Waals surface area contributed by atoms with Gasteiger partial charge in [0.25, 0.3) is 0 Å². The van der Waals surface area contributed by atoms with Crippen molar-refractivity contribution >= 4 is 17.7 Å². The highest BCUT2D eigenvalue weighted by atomic mass is 19.1. The molecule has 1 N–H and O–H groups in total. The summed E-state index contributed by atoms with van der Waals surface area (Å²) in [5, 5.41) is 2.27. The minimum absolute atomic E-state index is 0.0120. The number of rotatable bonds is 5. The number of nitrogens with one attached hydrogen (secondary N) is 1. The molecule has 3 rings (SSSR count). The Hall–Kier alpha value is -3.61. The van der Waals surface area contributed by atoms with Crippen LogP contribution in [-0.2, 0) is 4.79 Å². The summed E-state index contributed by atoms with van der Waals surface area (Å²) in [6.45, 7) is 0. The van der Waals surface area contributed by atoms with Gasteiger partial charge in [0.05, 0.1) is 11.9 Å². The number of benzene rings is 2. The molecule has 136 valence electrons. The van der Waals surface area contributed by atoms with Crippen LogP contribution in [0.4, 0.5) is 18.9 Å². The Morgan fingerprint density at radius 1 is 1.04 bits per heavy atom. The molecule has 4 nitrogen and oxygen atoms in total. The van der Waals surface area contributed by atoms with Crippen LogP contribution in [0.3, 0.4) is 0 Å². The van der Waals surface area contributed by atoms with E-state index in [9.17, 15) is 18.0 Å². The van der Waals surface area contributed by atoms with Crippen molar-refractivity contribution in [3.05, 3.63) is 90.0 Å².